The van der Waals surface area contributed by atoms with E-state index in [0.717, 1.165) is 22.5 Å². The van der Waals surface area contributed by atoms with Crippen LogP contribution >= 0.6 is 0 Å². The van der Waals surface area contributed by atoms with Gasteiger partial charge in [-0.25, -0.2) is 4.79 Å². The monoisotopic (exact) mass is 373 g/mol. The Kier molecular flexibility index (Phi) is 5.81. The second-order valence-corrected chi connectivity index (χ2v) is 6.54. The Labute approximate surface area is 165 Å². The molecular formula is C23H23N3O2. The highest BCUT2D eigenvalue weighted by Gasteiger charge is 2.24. The number of carbonyl (C=O) groups excluding carboxylic acids is 1. The predicted octanol–water partition coefficient (Wildman–Crippen LogP) is 4.95. The first kappa shape index (κ1) is 19.2. The molecule has 0 saturated carbocycles. The third-order valence-corrected chi connectivity index (χ3v) is 4.77. The molecule has 0 bridgehead atoms. The molecule has 0 spiro atoms. The molecule has 0 amide bonds. The summed E-state index contributed by atoms with van der Waals surface area (Å²) in [6.07, 6.45) is 0. The highest BCUT2D eigenvalue weighted by molar-refractivity contribution is 5.98. The van der Waals surface area contributed by atoms with Crippen molar-refractivity contribution in [3.63, 3.8) is 0 Å². The lowest BCUT2D eigenvalue weighted by Crippen LogP contribution is -2.11. The highest BCUT2D eigenvalue weighted by Crippen LogP contribution is 2.31. The summed E-state index contributed by atoms with van der Waals surface area (Å²) in [6, 6.07) is 19.4. The Balaban J connectivity index is 2.08. The number of aromatic nitrogens is 1. The van der Waals surface area contributed by atoms with E-state index in [0.29, 0.717) is 30.1 Å². The van der Waals surface area contributed by atoms with Crippen LogP contribution in [0.3, 0.4) is 0 Å². The molecule has 5 nitrogen and oxygen atoms in total. The summed E-state index contributed by atoms with van der Waals surface area (Å²) in [5.74, 6) is 0.355. The lowest BCUT2D eigenvalue weighted by Gasteiger charge is -2.15. The van der Waals surface area contributed by atoms with Gasteiger partial charge < -0.3 is 14.6 Å². The summed E-state index contributed by atoms with van der Waals surface area (Å²) >= 11 is 0. The van der Waals surface area contributed by atoms with E-state index >= 15 is 0 Å². The van der Waals surface area contributed by atoms with E-state index in [2.05, 4.69) is 28.1 Å². The Hall–Kier alpha value is -3.52. The zero-order valence-corrected chi connectivity index (χ0v) is 16.3. The summed E-state index contributed by atoms with van der Waals surface area (Å²) in [6.45, 7) is 6.69. The van der Waals surface area contributed by atoms with Crippen LogP contribution in [0.5, 0.6) is 0 Å². The van der Waals surface area contributed by atoms with Gasteiger partial charge in [0, 0.05) is 17.9 Å². The van der Waals surface area contributed by atoms with Crippen LogP contribution in [0.15, 0.2) is 54.6 Å². The van der Waals surface area contributed by atoms with Gasteiger partial charge in [-0.05, 0) is 56.2 Å². The number of nitrogens with zero attached hydrogens (tertiary/aromatic N) is 2. The summed E-state index contributed by atoms with van der Waals surface area (Å²) in [7, 11) is 0. The van der Waals surface area contributed by atoms with Crippen molar-refractivity contribution >= 4 is 17.5 Å². The van der Waals surface area contributed by atoms with Gasteiger partial charge in [0.2, 0.25) is 0 Å². The number of nitriles is 1. The second-order valence-electron chi connectivity index (χ2n) is 6.54. The molecule has 1 heterocycles. The van der Waals surface area contributed by atoms with Crippen molar-refractivity contribution in [2.75, 3.05) is 11.9 Å². The van der Waals surface area contributed by atoms with Crippen LogP contribution in [0, 0.1) is 25.2 Å². The second kappa shape index (κ2) is 8.45. The van der Waals surface area contributed by atoms with Crippen molar-refractivity contribution < 1.29 is 9.53 Å². The SMILES string of the molecule is CCOC(=O)c1c(C)c(C)n(Cc2ccccc2)c1Nc1ccc(C#N)cc1. The molecule has 0 aliphatic heterocycles. The number of hydrogen-bond donors (Lipinski definition) is 1. The smallest absolute Gasteiger partial charge is 0.342 e. The lowest BCUT2D eigenvalue weighted by molar-refractivity contribution is 0.0527. The minimum atomic E-state index is -0.342. The average molecular weight is 373 g/mol. The molecule has 2 aromatic carbocycles. The molecule has 0 atom stereocenters. The fourth-order valence-corrected chi connectivity index (χ4v) is 3.18. The number of rotatable bonds is 6. The molecule has 0 fully saturated rings. The first-order chi connectivity index (χ1) is 13.5. The van der Waals surface area contributed by atoms with Crippen LogP contribution in [-0.2, 0) is 11.3 Å². The summed E-state index contributed by atoms with van der Waals surface area (Å²) in [5.41, 5.74) is 4.96. The standard InChI is InChI=1S/C23H23N3O2/c1-4-28-23(27)21-16(2)17(3)26(15-19-8-6-5-7-9-19)22(21)25-20-12-10-18(14-24)11-13-20/h5-13,25H,4,15H2,1-3H3. The summed E-state index contributed by atoms with van der Waals surface area (Å²) in [4.78, 5) is 12.7. The van der Waals surface area contributed by atoms with Crippen LogP contribution in [0.1, 0.15) is 39.7 Å². The zero-order valence-electron chi connectivity index (χ0n) is 16.3. The van der Waals surface area contributed by atoms with E-state index in [9.17, 15) is 4.79 Å². The highest BCUT2D eigenvalue weighted by atomic mass is 16.5. The van der Waals surface area contributed by atoms with Gasteiger partial charge in [0.25, 0.3) is 0 Å². The molecular weight excluding hydrogens is 350 g/mol. The van der Waals surface area contributed by atoms with Crippen molar-refractivity contribution in [3.8, 4) is 6.07 Å². The van der Waals surface area contributed by atoms with Gasteiger partial charge in [-0.1, -0.05) is 30.3 Å². The number of esters is 1. The van der Waals surface area contributed by atoms with Gasteiger partial charge in [-0.3, -0.25) is 0 Å². The molecule has 0 unspecified atom stereocenters. The van der Waals surface area contributed by atoms with Crippen LogP contribution in [0.4, 0.5) is 11.5 Å². The molecule has 3 rings (SSSR count). The minimum absolute atomic E-state index is 0.317. The molecule has 5 heteroatoms. The molecule has 0 radical (unpaired) electrons. The first-order valence-electron chi connectivity index (χ1n) is 9.23. The maximum atomic E-state index is 12.7. The fraction of sp³-hybridized carbons (Fsp3) is 0.217. The van der Waals surface area contributed by atoms with Crippen molar-refractivity contribution in [2.24, 2.45) is 0 Å². The zero-order chi connectivity index (χ0) is 20.1. The third-order valence-electron chi connectivity index (χ3n) is 4.77. The van der Waals surface area contributed by atoms with Crippen LogP contribution in [0.25, 0.3) is 0 Å². The number of benzene rings is 2. The van der Waals surface area contributed by atoms with Crippen molar-refractivity contribution in [3.05, 3.63) is 82.5 Å². The molecule has 3 aromatic rings. The predicted molar refractivity (Wildman–Crippen MR) is 110 cm³/mol. The Morgan fingerprint density at radius 2 is 1.79 bits per heavy atom. The number of hydrogen-bond acceptors (Lipinski definition) is 4. The normalized spacial score (nSPS) is 10.4. The van der Waals surface area contributed by atoms with Gasteiger partial charge in [0.05, 0.1) is 18.2 Å². The molecule has 0 saturated heterocycles. The van der Waals surface area contributed by atoms with Gasteiger partial charge in [-0.2, -0.15) is 5.26 Å². The van der Waals surface area contributed by atoms with Gasteiger partial charge in [-0.15, -0.1) is 0 Å². The fourth-order valence-electron chi connectivity index (χ4n) is 3.18. The maximum absolute atomic E-state index is 12.7. The molecule has 28 heavy (non-hydrogen) atoms. The van der Waals surface area contributed by atoms with Crippen molar-refractivity contribution in [1.82, 2.24) is 4.57 Å². The van der Waals surface area contributed by atoms with Gasteiger partial charge >= 0.3 is 5.97 Å². The van der Waals surface area contributed by atoms with Gasteiger partial charge in [0.1, 0.15) is 11.4 Å². The van der Waals surface area contributed by atoms with E-state index in [1.54, 1.807) is 19.1 Å². The number of carbonyl (C=O) groups is 1. The number of ether oxygens (including phenoxy) is 1. The van der Waals surface area contributed by atoms with Crippen LogP contribution in [-0.4, -0.2) is 17.1 Å². The largest absolute Gasteiger partial charge is 0.462 e. The van der Waals surface area contributed by atoms with E-state index in [-0.39, 0.29) is 5.97 Å². The number of anilines is 2. The Morgan fingerprint density at radius 3 is 2.39 bits per heavy atom. The number of nitrogens with one attached hydrogen (secondary N) is 1. The summed E-state index contributed by atoms with van der Waals surface area (Å²) < 4.78 is 7.40. The molecule has 0 aliphatic rings. The van der Waals surface area contributed by atoms with Gasteiger partial charge in [0.15, 0.2) is 0 Å². The molecule has 1 N–H and O–H groups in total. The minimum Gasteiger partial charge on any atom is -0.462 e. The van der Waals surface area contributed by atoms with E-state index in [4.69, 9.17) is 10.00 Å². The summed E-state index contributed by atoms with van der Waals surface area (Å²) in [5, 5.41) is 12.4. The first-order valence-corrected chi connectivity index (χ1v) is 9.23. The van der Waals surface area contributed by atoms with E-state index in [1.807, 2.05) is 44.2 Å². The van der Waals surface area contributed by atoms with Crippen molar-refractivity contribution in [1.29, 1.82) is 5.26 Å². The maximum Gasteiger partial charge on any atom is 0.342 e. The quantitative estimate of drug-likeness (QED) is 0.621. The molecule has 1 aromatic heterocycles. The molecule has 0 aliphatic carbocycles. The molecule has 142 valence electrons. The lowest BCUT2D eigenvalue weighted by atomic mass is 10.1. The Morgan fingerprint density at radius 1 is 1.11 bits per heavy atom. The topological polar surface area (TPSA) is 67.0 Å². The van der Waals surface area contributed by atoms with E-state index < -0.39 is 0 Å². The third kappa shape index (κ3) is 3.91. The average Bonchev–Trinajstić information content (AvgIpc) is 2.94. The van der Waals surface area contributed by atoms with Crippen LogP contribution < -0.4 is 5.32 Å². The Bertz CT molecular complexity index is 1010. The van der Waals surface area contributed by atoms with Crippen molar-refractivity contribution in [2.45, 2.75) is 27.3 Å². The van der Waals surface area contributed by atoms with E-state index in [1.165, 1.54) is 0 Å². The van der Waals surface area contributed by atoms with Crippen LogP contribution in [0.2, 0.25) is 0 Å².